The van der Waals surface area contributed by atoms with Crippen LogP contribution in [0, 0.1) is 6.07 Å². The Morgan fingerprint density at radius 2 is 2.38 bits per heavy atom. The van der Waals surface area contributed by atoms with Crippen molar-refractivity contribution >= 4 is 6.29 Å². The van der Waals surface area contributed by atoms with Crippen molar-refractivity contribution in [1.29, 1.82) is 0 Å². The van der Waals surface area contributed by atoms with Gasteiger partial charge in [-0.1, -0.05) is 6.07 Å². The summed E-state index contributed by atoms with van der Waals surface area (Å²) in [5.74, 6) is 0.524. The zero-order chi connectivity index (χ0) is 12.0. The number of ether oxygens (including phenoxy) is 1. The van der Waals surface area contributed by atoms with E-state index in [1.54, 1.807) is 37.2 Å². The fourth-order valence-corrected chi connectivity index (χ4v) is 1.15. The minimum Gasteiger partial charge on any atom is -0.493 e. The molecule has 1 N–H and O–H groups in total. The van der Waals surface area contributed by atoms with E-state index in [0.29, 0.717) is 24.3 Å². The monoisotopic (exact) mass is 222 g/mol. The largest absolute Gasteiger partial charge is 0.493 e. The molecule has 0 heterocycles. The van der Waals surface area contributed by atoms with Crippen LogP contribution in [0.15, 0.2) is 18.2 Å². The van der Waals surface area contributed by atoms with Crippen molar-refractivity contribution in [3.63, 3.8) is 0 Å². The maximum Gasteiger partial charge on any atom is 0.150 e. The summed E-state index contributed by atoms with van der Waals surface area (Å²) in [4.78, 5) is 12.2. The van der Waals surface area contributed by atoms with Gasteiger partial charge in [-0.3, -0.25) is 9.69 Å². The summed E-state index contributed by atoms with van der Waals surface area (Å²) in [6, 6.07) is 7.79. The van der Waals surface area contributed by atoms with Gasteiger partial charge in [-0.05, 0) is 26.2 Å². The number of nitrogens with zero attached hydrogens (tertiary/aromatic N) is 1. The van der Waals surface area contributed by atoms with Gasteiger partial charge in [0.2, 0.25) is 0 Å². The number of benzene rings is 1. The van der Waals surface area contributed by atoms with Crippen molar-refractivity contribution in [3.8, 4) is 5.75 Å². The van der Waals surface area contributed by atoms with Crippen LogP contribution >= 0.6 is 0 Å². The van der Waals surface area contributed by atoms with Crippen molar-refractivity contribution < 1.29 is 14.6 Å². The summed E-state index contributed by atoms with van der Waals surface area (Å²) in [6.45, 7) is 0.387. The number of aldehydes is 1. The summed E-state index contributed by atoms with van der Waals surface area (Å²) >= 11 is 0. The molecule has 0 aliphatic rings. The van der Waals surface area contributed by atoms with Crippen molar-refractivity contribution in [2.24, 2.45) is 0 Å². The van der Waals surface area contributed by atoms with Gasteiger partial charge in [-0.25, -0.2) is 0 Å². The van der Waals surface area contributed by atoms with Gasteiger partial charge in [0.05, 0.1) is 6.61 Å². The van der Waals surface area contributed by atoms with Gasteiger partial charge in [0, 0.05) is 18.1 Å². The predicted octanol–water partition coefficient (Wildman–Crippen LogP) is 0.948. The average molecular weight is 222 g/mol. The van der Waals surface area contributed by atoms with Crippen LogP contribution in [0.4, 0.5) is 0 Å². The molecule has 0 fully saturated rings. The number of hydrogen-bond donors (Lipinski definition) is 1. The summed E-state index contributed by atoms with van der Waals surface area (Å²) in [7, 11) is 3.59. The third-order valence-electron chi connectivity index (χ3n) is 2.16. The summed E-state index contributed by atoms with van der Waals surface area (Å²) < 4.78 is 5.37. The van der Waals surface area contributed by atoms with E-state index in [0.717, 1.165) is 6.29 Å². The molecule has 1 atom stereocenters. The number of aliphatic hydroxyl groups excluding tert-OH is 1. The maximum atomic E-state index is 10.5. The first kappa shape index (κ1) is 12.7. The van der Waals surface area contributed by atoms with Crippen LogP contribution in [0.3, 0.4) is 0 Å². The van der Waals surface area contributed by atoms with Gasteiger partial charge < -0.3 is 9.84 Å². The van der Waals surface area contributed by atoms with Crippen molar-refractivity contribution in [1.82, 2.24) is 4.90 Å². The number of carbonyl (C=O) groups excluding carboxylic acids is 1. The van der Waals surface area contributed by atoms with Crippen LogP contribution < -0.4 is 4.74 Å². The van der Waals surface area contributed by atoms with E-state index in [9.17, 15) is 9.90 Å². The van der Waals surface area contributed by atoms with Gasteiger partial charge in [-0.15, -0.1) is 0 Å². The molecule has 0 spiro atoms. The molecule has 16 heavy (non-hydrogen) atoms. The first-order valence-electron chi connectivity index (χ1n) is 5.07. The van der Waals surface area contributed by atoms with Crippen LogP contribution in [0.5, 0.6) is 5.75 Å². The Balaban J connectivity index is 2.39. The molecule has 4 nitrogen and oxygen atoms in total. The van der Waals surface area contributed by atoms with E-state index >= 15 is 0 Å². The third kappa shape index (κ3) is 4.00. The molecule has 1 aromatic carbocycles. The lowest BCUT2D eigenvalue weighted by Gasteiger charge is -2.18. The molecule has 4 heteroatoms. The van der Waals surface area contributed by atoms with Gasteiger partial charge in [0.25, 0.3) is 0 Å². The van der Waals surface area contributed by atoms with Crippen LogP contribution in [-0.4, -0.2) is 43.2 Å². The lowest BCUT2D eigenvalue weighted by Crippen LogP contribution is -2.29. The Kier molecular flexibility index (Phi) is 4.95. The first-order chi connectivity index (χ1) is 7.63. The minimum absolute atomic E-state index is 0.387. The smallest absolute Gasteiger partial charge is 0.150 e. The van der Waals surface area contributed by atoms with E-state index in [-0.39, 0.29) is 0 Å². The van der Waals surface area contributed by atoms with Crippen LogP contribution in [0.2, 0.25) is 0 Å². The molecule has 0 bridgehead atoms. The summed E-state index contributed by atoms with van der Waals surface area (Å²) in [5, 5.41) is 9.48. The lowest BCUT2D eigenvalue weighted by atomic mass is 10.2. The summed E-state index contributed by atoms with van der Waals surface area (Å²) in [6.07, 6.45) is 0.746. The van der Waals surface area contributed by atoms with E-state index in [4.69, 9.17) is 4.74 Å². The number of carbonyl (C=O) groups is 1. The van der Waals surface area contributed by atoms with Crippen molar-refractivity contribution in [2.45, 2.75) is 12.6 Å². The Morgan fingerprint density at radius 3 is 3.00 bits per heavy atom. The topological polar surface area (TPSA) is 49.8 Å². The number of hydrogen-bond acceptors (Lipinski definition) is 4. The highest BCUT2D eigenvalue weighted by Crippen LogP contribution is 2.11. The summed E-state index contributed by atoms with van der Waals surface area (Å²) in [5.41, 5.74) is 0.557. The SMILES string of the molecule is CN(C)C(O)CCOc1[c]ccc(C=O)c1. The first-order valence-corrected chi connectivity index (χ1v) is 5.07. The molecule has 0 saturated carbocycles. The standard InChI is InChI=1S/C12H16NO3/c1-13(2)12(15)6-7-16-11-5-3-4-10(8-11)9-14/h3-4,8-9,12,15H,6-7H2,1-2H3. The van der Waals surface area contributed by atoms with Crippen LogP contribution in [0.25, 0.3) is 0 Å². The molecule has 0 amide bonds. The average Bonchev–Trinajstić information content (AvgIpc) is 2.29. The Hall–Kier alpha value is -1.39. The second-order valence-electron chi connectivity index (χ2n) is 3.69. The number of aliphatic hydroxyl groups is 1. The molecule has 1 radical (unpaired) electrons. The fraction of sp³-hybridized carbons (Fsp3) is 0.417. The highest BCUT2D eigenvalue weighted by Gasteiger charge is 2.06. The highest BCUT2D eigenvalue weighted by molar-refractivity contribution is 5.75. The van der Waals surface area contributed by atoms with Crippen molar-refractivity contribution in [2.75, 3.05) is 20.7 Å². The van der Waals surface area contributed by atoms with Gasteiger partial charge in [0.15, 0.2) is 0 Å². The van der Waals surface area contributed by atoms with Crippen LogP contribution in [-0.2, 0) is 0 Å². The minimum atomic E-state index is -0.519. The highest BCUT2D eigenvalue weighted by atomic mass is 16.5. The number of rotatable bonds is 6. The molecular weight excluding hydrogens is 206 g/mol. The molecule has 87 valence electrons. The molecule has 0 aliphatic heterocycles. The quantitative estimate of drug-likeness (QED) is 0.575. The second kappa shape index (κ2) is 6.25. The maximum absolute atomic E-state index is 10.5. The lowest BCUT2D eigenvalue weighted by molar-refractivity contribution is 0.0226. The Bertz CT molecular complexity index is 339. The van der Waals surface area contributed by atoms with Gasteiger partial charge >= 0.3 is 0 Å². The van der Waals surface area contributed by atoms with E-state index in [2.05, 4.69) is 6.07 Å². The van der Waals surface area contributed by atoms with E-state index in [1.165, 1.54) is 0 Å². The zero-order valence-corrected chi connectivity index (χ0v) is 9.51. The second-order valence-corrected chi connectivity index (χ2v) is 3.69. The molecule has 0 aromatic heterocycles. The molecule has 0 saturated heterocycles. The molecule has 1 unspecified atom stereocenters. The fourth-order valence-electron chi connectivity index (χ4n) is 1.15. The third-order valence-corrected chi connectivity index (χ3v) is 2.16. The molecule has 0 aliphatic carbocycles. The molecule has 1 aromatic rings. The van der Waals surface area contributed by atoms with E-state index < -0.39 is 6.23 Å². The predicted molar refractivity (Wildman–Crippen MR) is 60.5 cm³/mol. The van der Waals surface area contributed by atoms with Crippen LogP contribution in [0.1, 0.15) is 16.8 Å². The Labute approximate surface area is 95.5 Å². The Morgan fingerprint density at radius 1 is 1.62 bits per heavy atom. The molecule has 1 rings (SSSR count). The normalized spacial score (nSPS) is 12.5. The zero-order valence-electron chi connectivity index (χ0n) is 9.51. The van der Waals surface area contributed by atoms with Gasteiger partial charge in [0.1, 0.15) is 18.3 Å². The molecular formula is C12H16NO3. The van der Waals surface area contributed by atoms with Crippen molar-refractivity contribution in [3.05, 3.63) is 29.8 Å². The van der Waals surface area contributed by atoms with Gasteiger partial charge in [-0.2, -0.15) is 0 Å². The van der Waals surface area contributed by atoms with E-state index in [1.807, 2.05) is 0 Å².